The fraction of sp³-hybridized carbons (Fsp3) is 0.478. The molecule has 3 rings (SSSR count). The molecule has 0 N–H and O–H groups in total. The van der Waals surface area contributed by atoms with Crippen LogP contribution in [0.3, 0.4) is 0 Å². The van der Waals surface area contributed by atoms with Crippen LogP contribution >= 0.6 is 0 Å². The van der Waals surface area contributed by atoms with Gasteiger partial charge in [-0.1, -0.05) is 81.4 Å². The second-order valence-electron chi connectivity index (χ2n) is 8.05. The molecule has 1 aliphatic rings. The van der Waals surface area contributed by atoms with E-state index in [-0.39, 0.29) is 0 Å². The molecule has 0 aromatic heterocycles. The van der Waals surface area contributed by atoms with Crippen LogP contribution < -0.4 is 10.4 Å². The van der Waals surface area contributed by atoms with Gasteiger partial charge in [-0.05, 0) is 47.9 Å². The van der Waals surface area contributed by atoms with Gasteiger partial charge in [0.2, 0.25) is 0 Å². The molecule has 140 valence electrons. The zero-order valence-electron chi connectivity index (χ0n) is 16.4. The molecule has 1 fully saturated rings. The summed E-state index contributed by atoms with van der Waals surface area (Å²) in [6.07, 6.45) is 5.08. The molecule has 0 atom stereocenters. The van der Waals surface area contributed by atoms with Crippen LogP contribution in [0.2, 0.25) is 0 Å². The van der Waals surface area contributed by atoms with Gasteiger partial charge in [0.15, 0.2) is 0 Å². The minimum absolute atomic E-state index is 0.297. The molecular formula is C23H32O2Si. The Bertz CT molecular complexity index is 609. The average molecular weight is 369 g/mol. The van der Waals surface area contributed by atoms with E-state index in [0.29, 0.717) is 12.0 Å². The van der Waals surface area contributed by atoms with E-state index in [1.54, 1.807) is 0 Å². The first-order valence-corrected chi connectivity index (χ1v) is 11.8. The second-order valence-corrected chi connectivity index (χ2v) is 11.0. The predicted molar refractivity (Wildman–Crippen MR) is 111 cm³/mol. The normalized spacial score (nSPS) is 21.1. The lowest BCUT2D eigenvalue weighted by molar-refractivity contribution is 0.0849. The van der Waals surface area contributed by atoms with Crippen molar-refractivity contribution < 1.29 is 8.85 Å². The topological polar surface area (TPSA) is 18.5 Å². The molecule has 0 aliphatic heterocycles. The lowest BCUT2D eigenvalue weighted by atomic mass is 9.89. The number of benzene rings is 2. The maximum atomic E-state index is 6.97. The molecule has 3 heteroatoms. The van der Waals surface area contributed by atoms with E-state index < -0.39 is 8.56 Å². The van der Waals surface area contributed by atoms with Crippen molar-refractivity contribution in [1.82, 2.24) is 0 Å². The summed E-state index contributed by atoms with van der Waals surface area (Å²) < 4.78 is 13.7. The Morgan fingerprint density at radius 3 is 1.81 bits per heavy atom. The molecule has 1 saturated carbocycles. The van der Waals surface area contributed by atoms with Crippen molar-refractivity contribution in [2.75, 3.05) is 6.61 Å². The first-order chi connectivity index (χ1) is 12.6. The van der Waals surface area contributed by atoms with Crippen molar-refractivity contribution in [2.24, 2.45) is 11.8 Å². The summed E-state index contributed by atoms with van der Waals surface area (Å²) >= 11 is 0. The molecule has 0 spiro atoms. The highest BCUT2D eigenvalue weighted by Crippen LogP contribution is 2.28. The highest BCUT2D eigenvalue weighted by Gasteiger charge is 2.45. The maximum Gasteiger partial charge on any atom is 0.407 e. The first kappa shape index (κ1) is 19.3. The third kappa shape index (κ3) is 4.64. The number of hydrogen-bond acceptors (Lipinski definition) is 2. The summed E-state index contributed by atoms with van der Waals surface area (Å²) in [6, 6.07) is 21.3. The molecule has 0 saturated heterocycles. The van der Waals surface area contributed by atoms with Crippen LogP contribution in [-0.4, -0.2) is 21.3 Å². The Kier molecular flexibility index (Phi) is 6.68. The minimum Gasteiger partial charge on any atom is -0.387 e. The molecule has 0 heterocycles. The van der Waals surface area contributed by atoms with Crippen LogP contribution in [0.25, 0.3) is 0 Å². The van der Waals surface area contributed by atoms with Gasteiger partial charge in [-0.3, -0.25) is 0 Å². The molecule has 0 amide bonds. The maximum absolute atomic E-state index is 6.97. The fourth-order valence-electron chi connectivity index (χ4n) is 3.68. The molecule has 0 bridgehead atoms. The van der Waals surface area contributed by atoms with Gasteiger partial charge in [-0.15, -0.1) is 0 Å². The standard InChI is InChI=1S/C23H32O2Si/c1-19(2)18-24-26(22-10-6-4-7-11-22,23-12-8-5-9-13-23)25-21-16-14-20(3)15-17-21/h4-13,19-21H,14-18H2,1-3H3. The number of hydrogen-bond donors (Lipinski definition) is 0. The zero-order valence-corrected chi connectivity index (χ0v) is 17.4. The van der Waals surface area contributed by atoms with Crippen LogP contribution in [0.4, 0.5) is 0 Å². The third-order valence-corrected chi connectivity index (χ3v) is 8.65. The van der Waals surface area contributed by atoms with Crippen LogP contribution in [-0.2, 0) is 8.85 Å². The van der Waals surface area contributed by atoms with E-state index >= 15 is 0 Å². The minimum atomic E-state index is -2.72. The van der Waals surface area contributed by atoms with Crippen molar-refractivity contribution in [3.8, 4) is 0 Å². The molecular weight excluding hydrogens is 336 g/mol. The Hall–Kier alpha value is -1.42. The van der Waals surface area contributed by atoms with Crippen LogP contribution in [0.5, 0.6) is 0 Å². The van der Waals surface area contributed by atoms with E-state index in [4.69, 9.17) is 8.85 Å². The SMILES string of the molecule is CC(C)CO[Si](OC1CCC(C)CC1)(c1ccccc1)c1ccccc1. The van der Waals surface area contributed by atoms with Crippen molar-refractivity contribution in [3.05, 3.63) is 60.7 Å². The van der Waals surface area contributed by atoms with Crippen LogP contribution in [0.15, 0.2) is 60.7 Å². The van der Waals surface area contributed by atoms with Crippen molar-refractivity contribution in [2.45, 2.75) is 52.6 Å². The monoisotopic (exact) mass is 368 g/mol. The summed E-state index contributed by atoms with van der Waals surface area (Å²) in [5.74, 6) is 1.29. The van der Waals surface area contributed by atoms with Crippen molar-refractivity contribution in [3.63, 3.8) is 0 Å². The van der Waals surface area contributed by atoms with E-state index in [0.717, 1.165) is 25.4 Å². The highest BCUT2D eigenvalue weighted by atomic mass is 28.4. The predicted octanol–water partition coefficient (Wildman–Crippen LogP) is 4.51. The van der Waals surface area contributed by atoms with Gasteiger partial charge in [0.1, 0.15) is 0 Å². The van der Waals surface area contributed by atoms with Crippen molar-refractivity contribution >= 4 is 18.9 Å². The van der Waals surface area contributed by atoms with Crippen LogP contribution in [0.1, 0.15) is 46.5 Å². The molecule has 2 nitrogen and oxygen atoms in total. The Morgan fingerprint density at radius 2 is 1.35 bits per heavy atom. The van der Waals surface area contributed by atoms with Gasteiger partial charge < -0.3 is 8.85 Å². The summed E-state index contributed by atoms with van der Waals surface area (Å²) in [5, 5.41) is 2.43. The van der Waals surface area contributed by atoms with Crippen LogP contribution in [0, 0.1) is 11.8 Å². The lowest BCUT2D eigenvalue weighted by Gasteiger charge is -2.38. The summed E-state index contributed by atoms with van der Waals surface area (Å²) in [4.78, 5) is 0. The molecule has 2 aromatic rings. The second kappa shape index (κ2) is 8.98. The Balaban J connectivity index is 1.99. The molecule has 26 heavy (non-hydrogen) atoms. The Morgan fingerprint density at radius 1 is 0.846 bits per heavy atom. The van der Waals surface area contributed by atoms with Gasteiger partial charge in [0.25, 0.3) is 0 Å². The smallest absolute Gasteiger partial charge is 0.387 e. The van der Waals surface area contributed by atoms with E-state index in [1.165, 1.54) is 23.2 Å². The van der Waals surface area contributed by atoms with Gasteiger partial charge in [-0.2, -0.15) is 0 Å². The summed E-state index contributed by atoms with van der Waals surface area (Å²) in [6.45, 7) is 7.48. The molecule has 1 aliphatic carbocycles. The van der Waals surface area contributed by atoms with Gasteiger partial charge in [0.05, 0.1) is 0 Å². The first-order valence-electron chi connectivity index (χ1n) is 10.0. The average Bonchev–Trinajstić information content (AvgIpc) is 2.68. The highest BCUT2D eigenvalue weighted by molar-refractivity contribution is 6.92. The molecule has 0 unspecified atom stereocenters. The molecule has 0 radical (unpaired) electrons. The van der Waals surface area contributed by atoms with Crippen molar-refractivity contribution in [1.29, 1.82) is 0 Å². The number of rotatable bonds is 7. The largest absolute Gasteiger partial charge is 0.407 e. The van der Waals surface area contributed by atoms with E-state index in [2.05, 4.69) is 81.4 Å². The Labute approximate surface area is 159 Å². The van der Waals surface area contributed by atoms with Gasteiger partial charge in [-0.25, -0.2) is 0 Å². The summed E-state index contributed by atoms with van der Waals surface area (Å²) in [7, 11) is -2.72. The third-order valence-electron chi connectivity index (χ3n) is 5.22. The van der Waals surface area contributed by atoms with E-state index in [9.17, 15) is 0 Å². The zero-order chi connectivity index (χ0) is 18.4. The fourth-order valence-corrected chi connectivity index (χ4v) is 7.23. The van der Waals surface area contributed by atoms with Gasteiger partial charge in [0, 0.05) is 12.7 Å². The van der Waals surface area contributed by atoms with Gasteiger partial charge >= 0.3 is 8.56 Å². The quantitative estimate of drug-likeness (QED) is 0.670. The molecule has 2 aromatic carbocycles. The summed E-state index contributed by atoms with van der Waals surface area (Å²) in [5.41, 5.74) is 0. The van der Waals surface area contributed by atoms with E-state index in [1.807, 2.05) is 0 Å². The lowest BCUT2D eigenvalue weighted by Crippen LogP contribution is -2.65.